The second-order valence-corrected chi connectivity index (χ2v) is 8.85. The first-order chi connectivity index (χ1) is 14.3. The minimum absolute atomic E-state index is 0.319. The van der Waals surface area contributed by atoms with Crippen molar-refractivity contribution in [3.63, 3.8) is 0 Å². The molecule has 0 bridgehead atoms. The fourth-order valence-corrected chi connectivity index (χ4v) is 4.89. The Morgan fingerprint density at radius 3 is 2.30 bits per heavy atom. The monoisotopic (exact) mass is 489 g/mol. The quantitative estimate of drug-likeness (QED) is 0.275. The molecule has 3 aromatic rings. The molecule has 30 heavy (non-hydrogen) atoms. The third-order valence-electron chi connectivity index (χ3n) is 3.92. The molecule has 1 N–H and O–H groups in total. The van der Waals surface area contributed by atoms with Gasteiger partial charge in [-0.05, 0) is 23.8 Å². The zero-order chi connectivity index (χ0) is 21.7. The topological polar surface area (TPSA) is 37.8 Å². The van der Waals surface area contributed by atoms with Gasteiger partial charge < -0.3 is 5.32 Å². The van der Waals surface area contributed by atoms with E-state index < -0.39 is 11.7 Å². The molecule has 0 aliphatic carbocycles. The lowest BCUT2D eigenvalue weighted by Gasteiger charge is -2.10. The van der Waals surface area contributed by atoms with E-state index in [1.807, 2.05) is 6.07 Å². The molecule has 0 spiro atoms. The standard InChI is InChI=1S/C20H16Cl2F3N3S2/c1-26-17-9-14(11-29-18-15(21)6-3-7-16(18)22)27-19(28-17)30-10-12-4-2-5-13(8-12)20(23,24)25/h2-9H,10-11H2,1H3,(H,26,27,28). The van der Waals surface area contributed by atoms with Crippen LogP contribution in [0.3, 0.4) is 0 Å². The van der Waals surface area contributed by atoms with Crippen LogP contribution >= 0.6 is 46.7 Å². The minimum atomic E-state index is -4.37. The van der Waals surface area contributed by atoms with Crippen LogP contribution in [-0.2, 0) is 17.7 Å². The molecule has 0 saturated heterocycles. The molecule has 3 nitrogen and oxygen atoms in total. The van der Waals surface area contributed by atoms with Crippen molar-refractivity contribution in [3.05, 3.63) is 75.4 Å². The normalized spacial score (nSPS) is 11.5. The van der Waals surface area contributed by atoms with Crippen molar-refractivity contribution in [2.45, 2.75) is 27.7 Å². The smallest absolute Gasteiger partial charge is 0.373 e. The van der Waals surface area contributed by atoms with Crippen molar-refractivity contribution < 1.29 is 13.2 Å². The lowest BCUT2D eigenvalue weighted by Crippen LogP contribution is -2.05. The Balaban J connectivity index is 1.73. The number of hydrogen-bond donors (Lipinski definition) is 1. The zero-order valence-corrected chi connectivity index (χ0v) is 18.8. The van der Waals surface area contributed by atoms with Gasteiger partial charge in [0.2, 0.25) is 0 Å². The molecule has 0 amide bonds. The summed E-state index contributed by atoms with van der Waals surface area (Å²) in [5, 5.41) is 4.58. The van der Waals surface area contributed by atoms with E-state index >= 15 is 0 Å². The van der Waals surface area contributed by atoms with Crippen molar-refractivity contribution in [1.82, 2.24) is 9.97 Å². The van der Waals surface area contributed by atoms with E-state index in [1.54, 1.807) is 31.3 Å². The van der Waals surface area contributed by atoms with Crippen LogP contribution in [0.1, 0.15) is 16.8 Å². The van der Waals surface area contributed by atoms with Crippen LogP contribution in [-0.4, -0.2) is 17.0 Å². The minimum Gasteiger partial charge on any atom is -0.373 e. The first kappa shape index (κ1) is 23.1. The molecule has 0 fully saturated rings. The van der Waals surface area contributed by atoms with Crippen LogP contribution in [0.15, 0.2) is 58.6 Å². The molecular weight excluding hydrogens is 474 g/mol. The molecular formula is C20H16Cl2F3N3S2. The van der Waals surface area contributed by atoms with Gasteiger partial charge in [0.15, 0.2) is 5.16 Å². The molecule has 2 aromatic carbocycles. The summed E-state index contributed by atoms with van der Waals surface area (Å²) in [4.78, 5) is 9.68. The molecule has 1 heterocycles. The number of hydrogen-bond acceptors (Lipinski definition) is 5. The van der Waals surface area contributed by atoms with Gasteiger partial charge in [-0.1, -0.05) is 59.2 Å². The maximum absolute atomic E-state index is 12.9. The third-order valence-corrected chi connectivity index (χ3v) is 6.86. The van der Waals surface area contributed by atoms with E-state index in [-0.39, 0.29) is 0 Å². The predicted octanol–water partition coefficient (Wildman–Crippen LogP) is 7.43. The number of aromatic nitrogens is 2. The summed E-state index contributed by atoms with van der Waals surface area (Å²) < 4.78 is 38.7. The molecule has 0 aliphatic heterocycles. The molecule has 158 valence electrons. The molecule has 0 unspecified atom stereocenters. The molecule has 10 heteroatoms. The number of halogens is 5. The summed E-state index contributed by atoms with van der Waals surface area (Å²) in [6.07, 6.45) is -4.37. The summed E-state index contributed by atoms with van der Waals surface area (Å²) in [6, 6.07) is 12.4. The van der Waals surface area contributed by atoms with Gasteiger partial charge in [-0.2, -0.15) is 13.2 Å². The lowest BCUT2D eigenvalue weighted by atomic mass is 10.1. The van der Waals surface area contributed by atoms with Crippen molar-refractivity contribution >= 4 is 52.5 Å². The Bertz CT molecular complexity index is 1010. The Morgan fingerprint density at radius 1 is 0.933 bits per heavy atom. The van der Waals surface area contributed by atoms with Crippen LogP contribution in [0.5, 0.6) is 0 Å². The number of nitrogens with zero attached hydrogens (tertiary/aromatic N) is 2. The maximum atomic E-state index is 12.9. The molecule has 0 radical (unpaired) electrons. The second kappa shape index (κ2) is 10.1. The van der Waals surface area contributed by atoms with Crippen molar-refractivity contribution in [2.24, 2.45) is 0 Å². The highest BCUT2D eigenvalue weighted by Gasteiger charge is 2.30. The Hall–Kier alpha value is -1.61. The fraction of sp³-hybridized carbons (Fsp3) is 0.200. The van der Waals surface area contributed by atoms with E-state index in [9.17, 15) is 13.2 Å². The first-order valence-corrected chi connectivity index (χ1v) is 11.4. The molecule has 0 saturated carbocycles. The number of alkyl halides is 3. The van der Waals surface area contributed by atoms with Gasteiger partial charge >= 0.3 is 6.18 Å². The highest BCUT2D eigenvalue weighted by atomic mass is 35.5. The van der Waals surface area contributed by atoms with Crippen molar-refractivity contribution in [3.8, 4) is 0 Å². The number of nitrogens with one attached hydrogen (secondary N) is 1. The molecule has 0 atom stereocenters. The zero-order valence-electron chi connectivity index (χ0n) is 15.6. The van der Waals surface area contributed by atoms with Gasteiger partial charge in [0.05, 0.1) is 21.3 Å². The summed E-state index contributed by atoms with van der Waals surface area (Å²) in [5.41, 5.74) is 0.633. The summed E-state index contributed by atoms with van der Waals surface area (Å²) in [5.74, 6) is 1.45. The van der Waals surface area contributed by atoms with E-state index in [2.05, 4.69) is 15.3 Å². The SMILES string of the molecule is CNc1cc(CSc2c(Cl)cccc2Cl)nc(SCc2cccc(C(F)(F)F)c2)n1. The fourth-order valence-electron chi connectivity index (χ4n) is 2.49. The van der Waals surface area contributed by atoms with Crippen LogP contribution in [0.4, 0.5) is 19.0 Å². The average Bonchev–Trinajstić information content (AvgIpc) is 2.71. The van der Waals surface area contributed by atoms with Crippen molar-refractivity contribution in [1.29, 1.82) is 0 Å². The van der Waals surface area contributed by atoms with E-state index in [0.29, 0.717) is 38.1 Å². The molecule has 1 aromatic heterocycles. The number of rotatable bonds is 7. The second-order valence-electron chi connectivity index (χ2n) is 6.10. The van der Waals surface area contributed by atoms with Gasteiger partial charge in [0.25, 0.3) is 0 Å². The number of thioether (sulfide) groups is 2. The summed E-state index contributed by atoms with van der Waals surface area (Å²) in [7, 11) is 1.74. The predicted molar refractivity (Wildman–Crippen MR) is 119 cm³/mol. The first-order valence-electron chi connectivity index (χ1n) is 8.67. The summed E-state index contributed by atoms with van der Waals surface area (Å²) >= 11 is 15.2. The van der Waals surface area contributed by atoms with E-state index in [0.717, 1.165) is 22.7 Å². The van der Waals surface area contributed by atoms with Crippen molar-refractivity contribution in [2.75, 3.05) is 12.4 Å². The van der Waals surface area contributed by atoms with Gasteiger partial charge in [-0.15, -0.1) is 11.8 Å². The van der Waals surface area contributed by atoms with Crippen LogP contribution < -0.4 is 5.32 Å². The van der Waals surface area contributed by atoms with Gasteiger partial charge in [-0.25, -0.2) is 9.97 Å². The van der Waals surface area contributed by atoms with Gasteiger partial charge in [-0.3, -0.25) is 0 Å². The third kappa shape index (κ3) is 6.20. The number of anilines is 1. The number of benzene rings is 2. The van der Waals surface area contributed by atoms with Gasteiger partial charge in [0, 0.05) is 29.5 Å². The highest BCUT2D eigenvalue weighted by molar-refractivity contribution is 7.99. The lowest BCUT2D eigenvalue weighted by molar-refractivity contribution is -0.137. The molecule has 0 aliphatic rings. The van der Waals surface area contributed by atoms with Crippen LogP contribution in [0.2, 0.25) is 10.0 Å². The Labute approximate surface area is 190 Å². The maximum Gasteiger partial charge on any atom is 0.416 e. The summed E-state index contributed by atoms with van der Waals surface area (Å²) in [6.45, 7) is 0. The average molecular weight is 490 g/mol. The Morgan fingerprint density at radius 2 is 1.63 bits per heavy atom. The van der Waals surface area contributed by atoms with Gasteiger partial charge in [0.1, 0.15) is 5.82 Å². The van der Waals surface area contributed by atoms with Crippen LogP contribution in [0, 0.1) is 0 Å². The highest BCUT2D eigenvalue weighted by Crippen LogP contribution is 2.36. The van der Waals surface area contributed by atoms with Crippen LogP contribution in [0.25, 0.3) is 0 Å². The molecule has 3 rings (SSSR count). The van der Waals surface area contributed by atoms with E-state index in [1.165, 1.54) is 29.6 Å². The largest absolute Gasteiger partial charge is 0.416 e. The van der Waals surface area contributed by atoms with E-state index in [4.69, 9.17) is 23.2 Å². The Kier molecular flexibility index (Phi) is 7.79.